The van der Waals surface area contributed by atoms with Crippen LogP contribution >= 0.6 is 0 Å². The van der Waals surface area contributed by atoms with Gasteiger partial charge in [0.15, 0.2) is 0 Å². The molecule has 0 spiro atoms. The number of rotatable bonds is 7. The Hall–Kier alpha value is -4.35. The maximum atomic E-state index is 12.9. The number of nitrogens with two attached hydrogens (primary N) is 1. The van der Waals surface area contributed by atoms with Crippen LogP contribution < -0.4 is 15.8 Å². The number of non-ortho nitro benzene ring substituents is 1. The molecule has 0 saturated heterocycles. The van der Waals surface area contributed by atoms with Crippen LogP contribution in [0.3, 0.4) is 0 Å². The maximum absolute atomic E-state index is 12.9. The summed E-state index contributed by atoms with van der Waals surface area (Å²) in [6, 6.07) is 18.8. The number of primary sulfonamides is 1. The van der Waals surface area contributed by atoms with Gasteiger partial charge in [-0.3, -0.25) is 19.7 Å². The molecule has 33 heavy (non-hydrogen) atoms. The number of nitrogens with zero attached hydrogens (tertiary/aromatic N) is 1. The Morgan fingerprint density at radius 2 is 1.52 bits per heavy atom. The summed E-state index contributed by atoms with van der Waals surface area (Å²) in [5.74, 6) is -1.23. The molecular weight excluding hydrogens is 448 g/mol. The lowest BCUT2D eigenvalue weighted by Gasteiger charge is -2.12. The molecule has 0 aliphatic carbocycles. The van der Waals surface area contributed by atoms with Crippen LogP contribution in [-0.2, 0) is 14.8 Å². The third kappa shape index (κ3) is 6.32. The van der Waals surface area contributed by atoms with E-state index in [9.17, 15) is 28.1 Å². The number of nitro benzene ring substituents is 1. The molecule has 11 heteroatoms. The predicted molar refractivity (Wildman–Crippen MR) is 121 cm³/mol. The highest BCUT2D eigenvalue weighted by atomic mass is 32.2. The molecule has 0 radical (unpaired) electrons. The largest absolute Gasteiger partial charge is 0.321 e. The Kier molecular flexibility index (Phi) is 6.96. The van der Waals surface area contributed by atoms with Gasteiger partial charge in [-0.15, -0.1) is 0 Å². The fourth-order valence-electron chi connectivity index (χ4n) is 2.73. The van der Waals surface area contributed by atoms with Gasteiger partial charge in [0.05, 0.1) is 9.82 Å². The standard InChI is InChI=1S/C22H18N4O6S/c23-33(31,32)19-12-8-17(9-13-19)24-22(28)20(25-21(27)16-4-2-1-3-5-16)14-15-6-10-18(11-7-15)26(29)30/h1-14H,(H,24,28)(H,25,27)(H2,23,31,32)/b20-14-. The van der Waals surface area contributed by atoms with Crippen LogP contribution in [0.25, 0.3) is 6.08 Å². The van der Waals surface area contributed by atoms with Gasteiger partial charge in [0.25, 0.3) is 17.5 Å². The van der Waals surface area contributed by atoms with Gasteiger partial charge >= 0.3 is 0 Å². The van der Waals surface area contributed by atoms with Crippen LogP contribution in [0.1, 0.15) is 15.9 Å². The zero-order valence-electron chi connectivity index (χ0n) is 17.0. The van der Waals surface area contributed by atoms with E-state index in [4.69, 9.17) is 5.14 Å². The van der Waals surface area contributed by atoms with Gasteiger partial charge in [0.1, 0.15) is 5.70 Å². The van der Waals surface area contributed by atoms with Gasteiger partial charge < -0.3 is 10.6 Å². The summed E-state index contributed by atoms with van der Waals surface area (Å²) in [4.78, 5) is 35.7. The molecule has 168 valence electrons. The van der Waals surface area contributed by atoms with Gasteiger partial charge in [0.2, 0.25) is 10.0 Å². The number of benzene rings is 3. The molecule has 3 rings (SSSR count). The van der Waals surface area contributed by atoms with E-state index in [1.54, 1.807) is 30.3 Å². The number of carbonyl (C=O) groups is 2. The number of nitrogens with one attached hydrogen (secondary N) is 2. The Balaban J connectivity index is 1.89. The van der Waals surface area contributed by atoms with E-state index in [1.807, 2.05) is 0 Å². The normalized spacial score (nSPS) is 11.5. The average Bonchev–Trinajstić information content (AvgIpc) is 2.79. The van der Waals surface area contributed by atoms with Crippen molar-refractivity contribution in [2.45, 2.75) is 4.90 Å². The highest BCUT2D eigenvalue weighted by Crippen LogP contribution is 2.17. The zero-order chi connectivity index (χ0) is 24.0. The fourth-order valence-corrected chi connectivity index (χ4v) is 3.24. The number of anilines is 1. The second kappa shape index (κ2) is 9.85. The van der Waals surface area contributed by atoms with Crippen molar-refractivity contribution in [3.63, 3.8) is 0 Å². The number of sulfonamides is 1. The smallest absolute Gasteiger partial charge is 0.272 e. The van der Waals surface area contributed by atoms with Crippen molar-refractivity contribution in [1.82, 2.24) is 5.32 Å². The third-order valence-corrected chi connectivity index (χ3v) is 5.31. The summed E-state index contributed by atoms with van der Waals surface area (Å²) in [6.07, 6.45) is 1.36. The maximum Gasteiger partial charge on any atom is 0.272 e. The molecule has 0 saturated carbocycles. The van der Waals surface area contributed by atoms with Crippen molar-refractivity contribution in [1.29, 1.82) is 0 Å². The Bertz CT molecular complexity index is 1320. The number of amides is 2. The summed E-state index contributed by atoms with van der Waals surface area (Å²) in [5, 5.41) is 21.0. The van der Waals surface area contributed by atoms with Crippen LogP contribution in [0.5, 0.6) is 0 Å². The van der Waals surface area contributed by atoms with E-state index in [-0.39, 0.29) is 22.0 Å². The summed E-state index contributed by atoms with van der Waals surface area (Å²) < 4.78 is 22.8. The molecule has 0 bridgehead atoms. The van der Waals surface area contributed by atoms with E-state index in [1.165, 1.54) is 54.6 Å². The molecule has 0 fully saturated rings. The van der Waals surface area contributed by atoms with Crippen molar-refractivity contribution in [3.05, 3.63) is 106 Å². The summed E-state index contributed by atoms with van der Waals surface area (Å²) in [7, 11) is -3.89. The Labute approximate surface area is 188 Å². The third-order valence-electron chi connectivity index (χ3n) is 4.38. The SMILES string of the molecule is NS(=O)(=O)c1ccc(NC(=O)/C(=C/c2ccc([N+](=O)[O-])cc2)NC(=O)c2ccccc2)cc1. The van der Waals surface area contributed by atoms with Crippen LogP contribution in [0.15, 0.2) is 89.5 Å². The monoisotopic (exact) mass is 466 g/mol. The van der Waals surface area contributed by atoms with E-state index < -0.39 is 26.8 Å². The molecule has 3 aromatic carbocycles. The van der Waals surface area contributed by atoms with E-state index >= 15 is 0 Å². The lowest BCUT2D eigenvalue weighted by atomic mass is 10.1. The quantitative estimate of drug-likeness (QED) is 0.275. The summed E-state index contributed by atoms with van der Waals surface area (Å²) >= 11 is 0. The highest BCUT2D eigenvalue weighted by Gasteiger charge is 2.16. The first-order chi connectivity index (χ1) is 15.6. The first-order valence-corrected chi connectivity index (χ1v) is 10.9. The van der Waals surface area contributed by atoms with Crippen molar-refractivity contribution in [2.75, 3.05) is 5.32 Å². The topological polar surface area (TPSA) is 162 Å². The highest BCUT2D eigenvalue weighted by molar-refractivity contribution is 7.89. The predicted octanol–water partition coefficient (Wildman–Crippen LogP) is 2.65. The van der Waals surface area contributed by atoms with E-state index in [2.05, 4.69) is 10.6 Å². The molecule has 0 atom stereocenters. The van der Waals surface area contributed by atoms with Crippen LogP contribution in [-0.4, -0.2) is 25.2 Å². The van der Waals surface area contributed by atoms with Gasteiger partial charge in [-0.05, 0) is 60.2 Å². The van der Waals surface area contributed by atoms with Crippen molar-refractivity contribution < 1.29 is 22.9 Å². The second-order valence-corrected chi connectivity index (χ2v) is 8.31. The molecule has 3 aromatic rings. The second-order valence-electron chi connectivity index (χ2n) is 6.75. The van der Waals surface area contributed by atoms with Crippen LogP contribution in [0, 0.1) is 10.1 Å². The van der Waals surface area contributed by atoms with Crippen LogP contribution in [0.2, 0.25) is 0 Å². The van der Waals surface area contributed by atoms with Crippen LogP contribution in [0.4, 0.5) is 11.4 Å². The molecular formula is C22H18N4O6S. The fraction of sp³-hybridized carbons (Fsp3) is 0. The van der Waals surface area contributed by atoms with Crippen molar-refractivity contribution in [2.24, 2.45) is 5.14 Å². The van der Waals surface area contributed by atoms with E-state index in [0.717, 1.165) is 0 Å². The Morgan fingerprint density at radius 3 is 2.06 bits per heavy atom. The van der Waals surface area contributed by atoms with Crippen molar-refractivity contribution in [3.8, 4) is 0 Å². The minimum absolute atomic E-state index is 0.124. The zero-order valence-corrected chi connectivity index (χ0v) is 17.8. The molecule has 0 heterocycles. The molecule has 0 unspecified atom stereocenters. The summed E-state index contributed by atoms with van der Waals surface area (Å²) in [6.45, 7) is 0. The first kappa shape index (κ1) is 23.3. The van der Waals surface area contributed by atoms with Gasteiger partial charge in [-0.1, -0.05) is 18.2 Å². The first-order valence-electron chi connectivity index (χ1n) is 9.40. The molecule has 4 N–H and O–H groups in total. The van der Waals surface area contributed by atoms with Gasteiger partial charge in [-0.2, -0.15) is 0 Å². The minimum Gasteiger partial charge on any atom is -0.321 e. The number of hydrogen-bond acceptors (Lipinski definition) is 6. The minimum atomic E-state index is -3.89. The lowest BCUT2D eigenvalue weighted by Crippen LogP contribution is -2.30. The molecule has 0 aliphatic rings. The number of nitro groups is 1. The number of hydrogen-bond donors (Lipinski definition) is 3. The van der Waals surface area contributed by atoms with Gasteiger partial charge in [-0.25, -0.2) is 13.6 Å². The van der Waals surface area contributed by atoms with E-state index in [0.29, 0.717) is 11.1 Å². The lowest BCUT2D eigenvalue weighted by molar-refractivity contribution is -0.384. The Morgan fingerprint density at radius 1 is 0.909 bits per heavy atom. The summed E-state index contributed by atoms with van der Waals surface area (Å²) in [5.41, 5.74) is 0.756. The van der Waals surface area contributed by atoms with Gasteiger partial charge in [0, 0.05) is 23.4 Å². The average molecular weight is 466 g/mol. The number of carbonyl (C=O) groups excluding carboxylic acids is 2. The molecule has 0 aliphatic heterocycles. The van der Waals surface area contributed by atoms with Crippen molar-refractivity contribution >= 4 is 39.3 Å². The molecule has 10 nitrogen and oxygen atoms in total. The molecule has 2 amide bonds. The molecule has 0 aromatic heterocycles.